The second kappa shape index (κ2) is 5.86. The molecule has 0 N–H and O–H groups in total. The van der Waals surface area contributed by atoms with Crippen LogP contribution >= 0.6 is 0 Å². The summed E-state index contributed by atoms with van der Waals surface area (Å²) in [7, 11) is 1.59. The standard InChI is InChI=1S/C12H10N2O.C2H6/c1-4-9-5-10-7-13-8(2)14-11(10)6-12(9)15-3;1-2/h1,5-7H,2-3H3;1-2H3. The van der Waals surface area contributed by atoms with E-state index in [4.69, 9.17) is 11.2 Å². The van der Waals surface area contributed by atoms with Crippen LogP contribution in [0.4, 0.5) is 0 Å². The molecule has 1 aromatic heterocycles. The van der Waals surface area contributed by atoms with Gasteiger partial charge >= 0.3 is 0 Å². The van der Waals surface area contributed by atoms with E-state index in [0.717, 1.165) is 22.3 Å². The van der Waals surface area contributed by atoms with E-state index in [1.54, 1.807) is 13.3 Å². The highest BCUT2D eigenvalue weighted by molar-refractivity contribution is 5.81. The molecule has 88 valence electrons. The van der Waals surface area contributed by atoms with Crippen molar-refractivity contribution in [2.24, 2.45) is 0 Å². The van der Waals surface area contributed by atoms with Crippen molar-refractivity contribution in [2.75, 3.05) is 7.11 Å². The molecule has 0 bridgehead atoms. The minimum atomic E-state index is 0.670. The molecule has 17 heavy (non-hydrogen) atoms. The number of ether oxygens (including phenoxy) is 1. The highest BCUT2D eigenvalue weighted by Crippen LogP contribution is 2.23. The number of fused-ring (bicyclic) bond motifs is 1. The van der Waals surface area contributed by atoms with Gasteiger partial charge in [-0.2, -0.15) is 0 Å². The Balaban J connectivity index is 0.000000686. The minimum absolute atomic E-state index is 0.670. The highest BCUT2D eigenvalue weighted by Gasteiger charge is 2.04. The quantitative estimate of drug-likeness (QED) is 0.704. The molecule has 2 aromatic rings. The van der Waals surface area contributed by atoms with Crippen LogP contribution in [0.3, 0.4) is 0 Å². The van der Waals surface area contributed by atoms with Gasteiger partial charge in [-0.1, -0.05) is 19.8 Å². The first-order valence-electron chi connectivity index (χ1n) is 5.52. The number of nitrogens with zero attached hydrogens (tertiary/aromatic N) is 2. The van der Waals surface area contributed by atoms with Crippen molar-refractivity contribution in [2.45, 2.75) is 20.8 Å². The summed E-state index contributed by atoms with van der Waals surface area (Å²) in [6.07, 6.45) is 7.14. The molecule has 0 atom stereocenters. The number of benzene rings is 1. The molecule has 0 fully saturated rings. The summed E-state index contributed by atoms with van der Waals surface area (Å²) in [5.41, 5.74) is 1.57. The van der Waals surface area contributed by atoms with E-state index >= 15 is 0 Å². The molecule has 2 rings (SSSR count). The van der Waals surface area contributed by atoms with Gasteiger partial charge in [-0.05, 0) is 13.0 Å². The van der Waals surface area contributed by atoms with E-state index in [2.05, 4.69) is 15.9 Å². The van der Waals surface area contributed by atoms with Crippen molar-refractivity contribution in [3.63, 3.8) is 0 Å². The SMILES string of the molecule is C#Cc1cc2cnc(C)nc2cc1OC.CC. The monoisotopic (exact) mass is 228 g/mol. The van der Waals surface area contributed by atoms with Crippen molar-refractivity contribution in [1.29, 1.82) is 0 Å². The van der Waals surface area contributed by atoms with Crippen LogP contribution < -0.4 is 4.74 Å². The first kappa shape index (κ1) is 13.0. The lowest BCUT2D eigenvalue weighted by Gasteiger charge is -2.05. The van der Waals surface area contributed by atoms with Crippen LogP contribution in [0.15, 0.2) is 18.3 Å². The third kappa shape index (κ3) is 2.73. The van der Waals surface area contributed by atoms with Crippen LogP contribution in [0.1, 0.15) is 25.2 Å². The first-order chi connectivity index (χ1) is 8.24. The van der Waals surface area contributed by atoms with E-state index in [1.165, 1.54) is 0 Å². The predicted octanol–water partition coefficient (Wildman–Crippen LogP) is 2.95. The zero-order valence-electron chi connectivity index (χ0n) is 10.6. The summed E-state index contributed by atoms with van der Waals surface area (Å²) < 4.78 is 5.18. The van der Waals surface area contributed by atoms with Crippen molar-refractivity contribution >= 4 is 10.9 Å². The van der Waals surface area contributed by atoms with Gasteiger partial charge in [-0.25, -0.2) is 9.97 Å². The highest BCUT2D eigenvalue weighted by atomic mass is 16.5. The van der Waals surface area contributed by atoms with Gasteiger partial charge < -0.3 is 4.74 Å². The Bertz CT molecular complexity index is 556. The average molecular weight is 228 g/mol. The molecule has 0 aliphatic carbocycles. The number of methoxy groups -OCH3 is 1. The third-order valence-electron chi connectivity index (χ3n) is 2.18. The van der Waals surface area contributed by atoms with Crippen molar-refractivity contribution < 1.29 is 4.74 Å². The van der Waals surface area contributed by atoms with Crippen LogP contribution in [-0.4, -0.2) is 17.1 Å². The van der Waals surface area contributed by atoms with Gasteiger partial charge in [0.25, 0.3) is 0 Å². The van der Waals surface area contributed by atoms with Gasteiger partial charge in [0, 0.05) is 17.6 Å². The molecule has 0 saturated carbocycles. The second-order valence-corrected chi connectivity index (χ2v) is 3.17. The molecule has 3 heteroatoms. The van der Waals surface area contributed by atoms with Crippen LogP contribution in [0, 0.1) is 19.3 Å². The van der Waals surface area contributed by atoms with Gasteiger partial charge in [0.2, 0.25) is 0 Å². The molecular weight excluding hydrogens is 212 g/mol. The van der Waals surface area contributed by atoms with Gasteiger partial charge in [0.15, 0.2) is 0 Å². The topological polar surface area (TPSA) is 35.0 Å². The Morgan fingerprint density at radius 3 is 2.59 bits per heavy atom. The Morgan fingerprint density at radius 1 is 1.29 bits per heavy atom. The zero-order chi connectivity index (χ0) is 12.8. The summed E-state index contributed by atoms with van der Waals surface area (Å²) in [6.45, 7) is 5.85. The second-order valence-electron chi connectivity index (χ2n) is 3.17. The third-order valence-corrected chi connectivity index (χ3v) is 2.18. The molecule has 1 heterocycles. The summed E-state index contributed by atoms with van der Waals surface area (Å²) in [6, 6.07) is 3.69. The molecule has 0 amide bonds. The van der Waals surface area contributed by atoms with E-state index in [-0.39, 0.29) is 0 Å². The molecular formula is C14H16N2O. The summed E-state index contributed by atoms with van der Waals surface area (Å²) in [5.74, 6) is 3.98. The number of aromatic nitrogens is 2. The van der Waals surface area contributed by atoms with Gasteiger partial charge in [0.1, 0.15) is 11.6 Å². The molecule has 0 saturated heterocycles. The summed E-state index contributed by atoms with van der Waals surface area (Å²) in [5, 5.41) is 0.925. The Hall–Kier alpha value is -2.08. The van der Waals surface area contributed by atoms with Crippen LogP contribution in [0.25, 0.3) is 10.9 Å². The van der Waals surface area contributed by atoms with Gasteiger partial charge in [0.05, 0.1) is 18.2 Å². The molecule has 0 radical (unpaired) electrons. The fraction of sp³-hybridized carbons (Fsp3) is 0.286. The molecule has 0 spiro atoms. The van der Waals surface area contributed by atoms with Crippen molar-refractivity contribution in [1.82, 2.24) is 9.97 Å². The minimum Gasteiger partial charge on any atom is -0.495 e. The molecule has 3 nitrogen and oxygen atoms in total. The number of hydrogen-bond donors (Lipinski definition) is 0. The van der Waals surface area contributed by atoms with Crippen LogP contribution in [0.2, 0.25) is 0 Å². The maximum atomic E-state index is 5.38. The summed E-state index contributed by atoms with van der Waals surface area (Å²) in [4.78, 5) is 8.42. The average Bonchev–Trinajstić information content (AvgIpc) is 2.39. The number of rotatable bonds is 1. The predicted molar refractivity (Wildman–Crippen MR) is 70.1 cm³/mol. The molecule has 1 aromatic carbocycles. The molecule has 0 aliphatic rings. The maximum Gasteiger partial charge on any atom is 0.136 e. The van der Waals surface area contributed by atoms with Gasteiger partial charge in [-0.3, -0.25) is 0 Å². The van der Waals surface area contributed by atoms with E-state index in [0.29, 0.717) is 5.75 Å². The smallest absolute Gasteiger partial charge is 0.136 e. The van der Waals surface area contributed by atoms with E-state index < -0.39 is 0 Å². The maximum absolute atomic E-state index is 5.38. The lowest BCUT2D eigenvalue weighted by Crippen LogP contribution is -1.92. The molecule has 0 aliphatic heterocycles. The number of terminal acetylenes is 1. The fourth-order valence-corrected chi connectivity index (χ4v) is 1.43. The Labute approximate surface area is 102 Å². The van der Waals surface area contributed by atoms with Crippen molar-refractivity contribution in [3.05, 3.63) is 29.7 Å². The van der Waals surface area contributed by atoms with E-state index in [9.17, 15) is 0 Å². The van der Waals surface area contributed by atoms with Crippen molar-refractivity contribution in [3.8, 4) is 18.1 Å². The largest absolute Gasteiger partial charge is 0.495 e. The molecule has 0 unspecified atom stereocenters. The normalized spacial score (nSPS) is 9.12. The lowest BCUT2D eigenvalue weighted by atomic mass is 10.1. The summed E-state index contributed by atoms with van der Waals surface area (Å²) >= 11 is 0. The van der Waals surface area contributed by atoms with Gasteiger partial charge in [-0.15, -0.1) is 6.42 Å². The van der Waals surface area contributed by atoms with Crippen LogP contribution in [-0.2, 0) is 0 Å². The fourth-order valence-electron chi connectivity index (χ4n) is 1.43. The number of aryl methyl sites for hydroxylation is 1. The number of hydrogen-bond acceptors (Lipinski definition) is 3. The van der Waals surface area contributed by atoms with E-state index in [1.807, 2.05) is 32.9 Å². The lowest BCUT2D eigenvalue weighted by molar-refractivity contribution is 0.414. The Morgan fingerprint density at radius 2 is 2.00 bits per heavy atom. The van der Waals surface area contributed by atoms with Crippen LogP contribution in [0.5, 0.6) is 5.75 Å². The Kier molecular flexibility index (Phi) is 4.47. The zero-order valence-corrected chi connectivity index (χ0v) is 10.6. The first-order valence-corrected chi connectivity index (χ1v) is 5.52.